The molecule has 1 aliphatic heterocycles. The SMILES string of the molecule is Nc1ncnc2c1ncn2[C@]1(NS(=O)(=O)NC(=O)c2ccccc2O)O[C@H](CO)[C@@H](O)[C@H]1O. The van der Waals surface area contributed by atoms with E-state index in [2.05, 4.69) is 15.0 Å². The molecule has 2 aromatic heterocycles. The molecule has 0 bridgehead atoms. The molecule has 33 heavy (non-hydrogen) atoms. The number of anilines is 1. The fourth-order valence-corrected chi connectivity index (χ4v) is 4.50. The lowest BCUT2D eigenvalue weighted by molar-refractivity contribution is -0.153. The number of hydrogen-bond donors (Lipinski definition) is 7. The van der Waals surface area contributed by atoms with Crippen LogP contribution in [0.15, 0.2) is 36.9 Å². The number of carbonyl (C=O) groups is 1. The highest BCUT2D eigenvalue weighted by atomic mass is 32.2. The van der Waals surface area contributed by atoms with Gasteiger partial charge in [0.25, 0.3) is 5.91 Å². The average molecular weight is 481 g/mol. The minimum absolute atomic E-state index is 0.0343. The van der Waals surface area contributed by atoms with Crippen LogP contribution in [0.1, 0.15) is 10.4 Å². The van der Waals surface area contributed by atoms with Crippen molar-refractivity contribution in [1.29, 1.82) is 0 Å². The number of aromatic nitrogens is 4. The third-order valence-corrected chi connectivity index (χ3v) is 6.01. The van der Waals surface area contributed by atoms with Gasteiger partial charge in [-0.25, -0.2) is 19.7 Å². The molecule has 1 aliphatic rings. The van der Waals surface area contributed by atoms with Gasteiger partial charge in [-0.1, -0.05) is 12.1 Å². The van der Waals surface area contributed by atoms with Crippen molar-refractivity contribution in [3.63, 3.8) is 0 Å². The van der Waals surface area contributed by atoms with Crippen LogP contribution >= 0.6 is 0 Å². The molecule has 0 radical (unpaired) electrons. The number of rotatable bonds is 6. The fourth-order valence-electron chi connectivity index (χ4n) is 3.44. The van der Waals surface area contributed by atoms with E-state index < -0.39 is 52.6 Å². The smallest absolute Gasteiger partial charge is 0.305 e. The van der Waals surface area contributed by atoms with E-state index in [1.165, 1.54) is 24.3 Å². The first-order chi connectivity index (χ1) is 15.6. The van der Waals surface area contributed by atoms with E-state index >= 15 is 0 Å². The number of phenols is 1. The van der Waals surface area contributed by atoms with E-state index in [-0.39, 0.29) is 22.5 Å². The van der Waals surface area contributed by atoms with Gasteiger partial charge in [0.1, 0.15) is 42.2 Å². The highest BCUT2D eigenvalue weighted by molar-refractivity contribution is 7.88. The lowest BCUT2D eigenvalue weighted by Crippen LogP contribution is -2.60. The maximum atomic E-state index is 12.9. The van der Waals surface area contributed by atoms with Crippen molar-refractivity contribution in [1.82, 2.24) is 29.0 Å². The maximum absolute atomic E-state index is 12.9. The van der Waals surface area contributed by atoms with Gasteiger partial charge in [0, 0.05) is 0 Å². The molecule has 1 amide bonds. The first-order valence-corrected chi connectivity index (χ1v) is 10.8. The predicted octanol–water partition coefficient (Wildman–Crippen LogP) is -2.90. The van der Waals surface area contributed by atoms with Gasteiger partial charge in [0.2, 0.25) is 5.85 Å². The Kier molecular flexibility index (Phi) is 5.64. The molecule has 4 rings (SSSR count). The number of nitrogens with two attached hydrogens (primary N) is 1. The Morgan fingerprint density at radius 3 is 2.64 bits per heavy atom. The fraction of sp³-hybridized carbons (Fsp3) is 0.294. The van der Waals surface area contributed by atoms with E-state index in [9.17, 15) is 33.6 Å². The summed E-state index contributed by atoms with van der Waals surface area (Å²) in [5, 5.41) is 40.4. The van der Waals surface area contributed by atoms with Crippen molar-refractivity contribution in [2.24, 2.45) is 0 Å². The summed E-state index contributed by atoms with van der Waals surface area (Å²) >= 11 is 0. The number of aromatic hydroxyl groups is 1. The zero-order valence-corrected chi connectivity index (χ0v) is 17.4. The number of benzene rings is 1. The molecular formula is C17H19N7O8S. The molecule has 1 fully saturated rings. The van der Waals surface area contributed by atoms with Crippen molar-refractivity contribution in [3.05, 3.63) is 42.5 Å². The summed E-state index contributed by atoms with van der Waals surface area (Å²) < 4.78 is 35.9. The normalized spacial score (nSPS) is 25.4. The van der Waals surface area contributed by atoms with Gasteiger partial charge in [-0.3, -0.25) is 9.36 Å². The molecule has 0 aliphatic carbocycles. The Hall–Kier alpha value is -3.41. The van der Waals surface area contributed by atoms with E-state index in [1.807, 2.05) is 4.72 Å². The summed E-state index contributed by atoms with van der Waals surface area (Å²) in [6.07, 6.45) is -3.09. The molecule has 4 atom stereocenters. The summed E-state index contributed by atoms with van der Waals surface area (Å²) in [6.45, 7) is -0.782. The average Bonchev–Trinajstić information content (AvgIpc) is 3.30. The van der Waals surface area contributed by atoms with Crippen molar-refractivity contribution in [2.75, 3.05) is 12.3 Å². The molecule has 15 nitrogen and oxygen atoms in total. The molecule has 3 heterocycles. The zero-order valence-electron chi connectivity index (χ0n) is 16.6. The number of carbonyl (C=O) groups excluding carboxylic acids is 1. The largest absolute Gasteiger partial charge is 0.507 e. The molecule has 0 unspecified atom stereocenters. The summed E-state index contributed by atoms with van der Waals surface area (Å²) in [7, 11) is -4.84. The first kappa shape index (κ1) is 22.8. The Morgan fingerprint density at radius 1 is 1.24 bits per heavy atom. The monoisotopic (exact) mass is 481 g/mol. The number of ether oxygens (including phenoxy) is 1. The van der Waals surface area contributed by atoms with Crippen LogP contribution in [0.5, 0.6) is 5.75 Å². The number of hydrogen-bond acceptors (Lipinski definition) is 12. The highest BCUT2D eigenvalue weighted by Gasteiger charge is 2.58. The second kappa shape index (κ2) is 8.18. The highest BCUT2D eigenvalue weighted by Crippen LogP contribution is 2.36. The van der Waals surface area contributed by atoms with Crippen LogP contribution in [0.25, 0.3) is 11.2 Å². The van der Waals surface area contributed by atoms with Crippen molar-refractivity contribution < 1.29 is 38.4 Å². The second-order valence-corrected chi connectivity index (χ2v) is 8.49. The van der Waals surface area contributed by atoms with Crippen LogP contribution < -0.4 is 15.2 Å². The molecule has 8 N–H and O–H groups in total. The Labute approximate surface area is 185 Å². The van der Waals surface area contributed by atoms with Crippen molar-refractivity contribution in [3.8, 4) is 5.75 Å². The number of fused-ring (bicyclic) bond motifs is 1. The van der Waals surface area contributed by atoms with E-state index in [0.717, 1.165) is 17.2 Å². The van der Waals surface area contributed by atoms with Gasteiger partial charge >= 0.3 is 10.2 Å². The number of para-hydroxylation sites is 1. The predicted molar refractivity (Wildman–Crippen MR) is 109 cm³/mol. The van der Waals surface area contributed by atoms with E-state index in [1.54, 1.807) is 4.72 Å². The van der Waals surface area contributed by atoms with Gasteiger partial charge in [0.15, 0.2) is 11.5 Å². The van der Waals surface area contributed by atoms with Crippen LogP contribution in [-0.2, 0) is 20.8 Å². The molecule has 176 valence electrons. The lowest BCUT2D eigenvalue weighted by atomic mass is 10.1. The number of nitrogens with zero attached hydrogens (tertiary/aromatic N) is 4. The van der Waals surface area contributed by atoms with Gasteiger partial charge in [-0.15, -0.1) is 4.72 Å². The number of aliphatic hydroxyl groups is 3. The number of phenolic OH excluding ortho intramolecular Hbond substituents is 1. The molecule has 0 saturated carbocycles. The lowest BCUT2D eigenvalue weighted by Gasteiger charge is -2.33. The first-order valence-electron chi connectivity index (χ1n) is 9.32. The third kappa shape index (κ3) is 3.84. The van der Waals surface area contributed by atoms with Gasteiger partial charge < -0.3 is 30.9 Å². The number of nitrogens with one attached hydrogen (secondary N) is 2. The molecule has 1 aromatic carbocycles. The Balaban J connectivity index is 1.77. The third-order valence-electron chi connectivity index (χ3n) is 4.99. The molecule has 3 aromatic rings. The van der Waals surface area contributed by atoms with Crippen LogP contribution in [0.2, 0.25) is 0 Å². The van der Waals surface area contributed by atoms with Crippen molar-refractivity contribution in [2.45, 2.75) is 24.2 Å². The van der Waals surface area contributed by atoms with Crippen molar-refractivity contribution >= 4 is 33.1 Å². The summed E-state index contributed by atoms with van der Waals surface area (Å²) in [6, 6.07) is 5.21. The van der Waals surface area contributed by atoms with Crippen LogP contribution in [0.4, 0.5) is 5.82 Å². The van der Waals surface area contributed by atoms with E-state index in [4.69, 9.17) is 10.5 Å². The molecule has 16 heteroatoms. The minimum Gasteiger partial charge on any atom is -0.507 e. The summed E-state index contributed by atoms with van der Waals surface area (Å²) in [5.41, 5.74) is 5.37. The maximum Gasteiger partial charge on any atom is 0.305 e. The topological polar surface area (TPSA) is 235 Å². The second-order valence-electron chi connectivity index (χ2n) is 7.07. The Bertz CT molecular complexity index is 1320. The number of nitrogen functional groups attached to an aromatic ring is 1. The van der Waals surface area contributed by atoms with Gasteiger partial charge in [0.05, 0.1) is 12.2 Å². The summed E-state index contributed by atoms with van der Waals surface area (Å²) in [5.74, 6) is -4.23. The van der Waals surface area contributed by atoms with Gasteiger partial charge in [-0.2, -0.15) is 8.42 Å². The molecule has 1 saturated heterocycles. The number of imidazole rings is 1. The Morgan fingerprint density at radius 2 is 1.97 bits per heavy atom. The molecule has 0 spiro atoms. The van der Waals surface area contributed by atoms with Gasteiger partial charge in [-0.05, 0) is 12.1 Å². The summed E-state index contributed by atoms with van der Waals surface area (Å²) in [4.78, 5) is 24.2. The minimum atomic E-state index is -4.84. The van der Waals surface area contributed by atoms with E-state index in [0.29, 0.717) is 0 Å². The molecular weight excluding hydrogens is 462 g/mol. The van der Waals surface area contributed by atoms with Crippen LogP contribution in [-0.4, -0.2) is 79.2 Å². The zero-order chi connectivity index (χ0) is 24.0. The number of aliphatic hydroxyl groups excluding tert-OH is 3. The van der Waals surface area contributed by atoms with Crippen LogP contribution in [0, 0.1) is 0 Å². The van der Waals surface area contributed by atoms with Crippen LogP contribution in [0.3, 0.4) is 0 Å². The quantitative estimate of drug-likeness (QED) is 0.188. The standard InChI is InChI=1S/C17H19N7O8S/c18-14-11-15(20-6-19-14)24(7-21-11)17(13(28)12(27)10(5-25)32-17)23-33(30,31)22-16(29)8-3-1-2-4-9(8)26/h1-4,6-7,10,12-13,23,25-28H,5H2,(H,22,29)(H2,18,19,20)/t10-,12-,13-,17+/m1/s1. The number of amides is 1.